The maximum absolute atomic E-state index is 13.2. The van der Waals surface area contributed by atoms with E-state index < -0.39 is 11.8 Å². The van der Waals surface area contributed by atoms with Crippen LogP contribution in [0.15, 0.2) is 71.1 Å². The van der Waals surface area contributed by atoms with E-state index in [0.717, 1.165) is 11.1 Å². The third-order valence-electron chi connectivity index (χ3n) is 5.66. The molecule has 0 atom stereocenters. The molecule has 0 saturated carbocycles. The monoisotopic (exact) mass is 500 g/mol. The zero-order valence-corrected chi connectivity index (χ0v) is 20.1. The average molecular weight is 501 g/mol. The molecule has 5 aromatic rings. The molecule has 5 rings (SSSR count). The second-order valence-electron chi connectivity index (χ2n) is 8.36. The lowest BCUT2D eigenvalue weighted by Gasteiger charge is -2.07. The number of aromatic hydroxyl groups is 1. The van der Waals surface area contributed by atoms with Crippen LogP contribution in [0.25, 0.3) is 22.2 Å². The topological polar surface area (TPSA) is 120 Å². The maximum Gasteiger partial charge on any atom is 0.293 e. The van der Waals surface area contributed by atoms with E-state index in [1.807, 2.05) is 19.9 Å². The van der Waals surface area contributed by atoms with Gasteiger partial charge in [0.1, 0.15) is 22.7 Å². The number of hydrogen-bond donors (Lipinski definition) is 4. The van der Waals surface area contributed by atoms with Crippen LogP contribution in [0.5, 0.6) is 5.75 Å². The van der Waals surface area contributed by atoms with Gasteiger partial charge >= 0.3 is 0 Å². The third kappa shape index (κ3) is 4.42. The van der Waals surface area contributed by atoms with Gasteiger partial charge in [-0.25, -0.2) is 0 Å². The van der Waals surface area contributed by atoms with Crippen LogP contribution < -0.4 is 10.6 Å². The third-order valence-corrected chi connectivity index (χ3v) is 5.90. The molecule has 4 N–H and O–H groups in total. The number of nitrogens with one attached hydrogen (secondary N) is 3. The van der Waals surface area contributed by atoms with Crippen molar-refractivity contribution in [3.63, 3.8) is 0 Å². The minimum absolute atomic E-state index is 0.0590. The van der Waals surface area contributed by atoms with Gasteiger partial charge < -0.3 is 20.2 Å². The molecular weight excluding hydrogens is 480 g/mol. The van der Waals surface area contributed by atoms with E-state index in [4.69, 9.17) is 16.0 Å². The van der Waals surface area contributed by atoms with Crippen LogP contribution in [-0.2, 0) is 0 Å². The van der Waals surface area contributed by atoms with Crippen molar-refractivity contribution in [2.24, 2.45) is 0 Å². The summed E-state index contributed by atoms with van der Waals surface area (Å²) in [5.74, 6) is -1.06. The predicted molar refractivity (Wildman–Crippen MR) is 139 cm³/mol. The molecular formula is C27H21ClN4O4. The second-order valence-corrected chi connectivity index (χ2v) is 8.80. The molecule has 0 saturated heterocycles. The van der Waals surface area contributed by atoms with Gasteiger partial charge in [-0.3, -0.25) is 14.7 Å². The smallest absolute Gasteiger partial charge is 0.293 e. The van der Waals surface area contributed by atoms with Crippen LogP contribution in [0, 0.1) is 13.8 Å². The predicted octanol–water partition coefficient (Wildman–Crippen LogP) is 6.30. The number of amides is 2. The van der Waals surface area contributed by atoms with Crippen LogP contribution in [0.2, 0.25) is 5.02 Å². The molecule has 2 heterocycles. The van der Waals surface area contributed by atoms with E-state index in [9.17, 15) is 14.7 Å². The zero-order valence-electron chi connectivity index (χ0n) is 19.3. The van der Waals surface area contributed by atoms with E-state index in [0.29, 0.717) is 32.9 Å². The van der Waals surface area contributed by atoms with Gasteiger partial charge in [0.15, 0.2) is 0 Å². The fraction of sp³-hybridized carbons (Fsp3) is 0.0741. The summed E-state index contributed by atoms with van der Waals surface area (Å²) in [5.41, 5.74) is 3.99. The van der Waals surface area contributed by atoms with Gasteiger partial charge in [0.25, 0.3) is 11.8 Å². The molecule has 8 nitrogen and oxygen atoms in total. The molecule has 0 fully saturated rings. The van der Waals surface area contributed by atoms with Crippen molar-refractivity contribution in [1.82, 2.24) is 10.2 Å². The van der Waals surface area contributed by atoms with Crippen LogP contribution in [0.4, 0.5) is 11.4 Å². The first-order valence-electron chi connectivity index (χ1n) is 11.1. The normalized spacial score (nSPS) is 11.0. The number of para-hydroxylation sites is 1. The number of aromatic amines is 1. The lowest BCUT2D eigenvalue weighted by Crippen LogP contribution is -2.17. The number of anilines is 2. The van der Waals surface area contributed by atoms with Crippen LogP contribution >= 0.6 is 11.6 Å². The highest BCUT2D eigenvalue weighted by atomic mass is 35.5. The van der Waals surface area contributed by atoms with Crippen LogP contribution in [0.1, 0.15) is 32.2 Å². The summed E-state index contributed by atoms with van der Waals surface area (Å²) < 4.78 is 5.80. The summed E-state index contributed by atoms with van der Waals surface area (Å²) in [4.78, 5) is 26.2. The molecule has 0 bridgehead atoms. The van der Waals surface area contributed by atoms with Gasteiger partial charge in [-0.1, -0.05) is 35.9 Å². The molecule has 0 aliphatic heterocycles. The van der Waals surface area contributed by atoms with Crippen molar-refractivity contribution in [3.8, 4) is 17.0 Å². The Kier molecular flexibility index (Phi) is 5.95. The van der Waals surface area contributed by atoms with Crippen LogP contribution in [0.3, 0.4) is 0 Å². The number of aromatic nitrogens is 2. The Morgan fingerprint density at radius 1 is 0.972 bits per heavy atom. The summed E-state index contributed by atoms with van der Waals surface area (Å²) >= 11 is 6.02. The zero-order chi connectivity index (χ0) is 25.4. The average Bonchev–Trinajstić information content (AvgIpc) is 3.44. The molecule has 2 amide bonds. The summed E-state index contributed by atoms with van der Waals surface area (Å²) in [7, 11) is 0. The standard InChI is InChI=1S/C27H21ClN4O4/c1-14-10-15(2)23(21(33)11-14)19-13-20(32-31-19)26(34)30-24-18-8-3-4-9-22(18)36-25(24)27(35)29-17-7-5-6-16(28)12-17/h3-13,33H,1-2H3,(H,29,35)(H,30,34)(H,31,32). The largest absolute Gasteiger partial charge is 0.507 e. The quantitative estimate of drug-likeness (QED) is 0.225. The van der Waals surface area contributed by atoms with E-state index in [1.165, 1.54) is 0 Å². The number of carbonyl (C=O) groups is 2. The molecule has 0 radical (unpaired) electrons. The lowest BCUT2D eigenvalue weighted by atomic mass is 10.0. The molecule has 0 unspecified atom stereocenters. The van der Waals surface area contributed by atoms with E-state index in [1.54, 1.807) is 60.7 Å². The molecule has 0 spiro atoms. The van der Waals surface area contributed by atoms with Gasteiger partial charge in [0.2, 0.25) is 5.76 Å². The van der Waals surface area contributed by atoms with Gasteiger partial charge in [-0.2, -0.15) is 5.10 Å². The Hall–Kier alpha value is -4.56. The van der Waals surface area contributed by atoms with Crippen molar-refractivity contribution in [2.75, 3.05) is 10.6 Å². The van der Waals surface area contributed by atoms with E-state index in [-0.39, 0.29) is 22.9 Å². The van der Waals surface area contributed by atoms with E-state index >= 15 is 0 Å². The molecule has 0 aliphatic carbocycles. The Balaban J connectivity index is 1.47. The molecule has 0 aliphatic rings. The SMILES string of the molecule is Cc1cc(C)c(-c2cc(C(=O)Nc3c(C(=O)Nc4cccc(Cl)c4)oc4ccccc34)[nH]n2)c(O)c1. The minimum Gasteiger partial charge on any atom is -0.507 e. The molecule has 9 heteroatoms. The molecule has 3 aromatic carbocycles. The molecule has 180 valence electrons. The molecule has 36 heavy (non-hydrogen) atoms. The number of H-pyrrole nitrogens is 1. The summed E-state index contributed by atoms with van der Waals surface area (Å²) in [6.45, 7) is 3.74. The number of fused-ring (bicyclic) bond motifs is 1. The highest BCUT2D eigenvalue weighted by Crippen LogP contribution is 2.34. The van der Waals surface area contributed by atoms with E-state index in [2.05, 4.69) is 20.8 Å². The highest BCUT2D eigenvalue weighted by Gasteiger charge is 2.24. The number of phenolic OH excluding ortho intramolecular Hbond substituents is 1. The first-order chi connectivity index (χ1) is 17.3. The number of phenols is 1. The van der Waals surface area contributed by atoms with Crippen molar-refractivity contribution < 1.29 is 19.1 Å². The highest BCUT2D eigenvalue weighted by molar-refractivity contribution is 6.31. The summed E-state index contributed by atoms with van der Waals surface area (Å²) in [6, 6.07) is 18.8. The second kappa shape index (κ2) is 9.24. The lowest BCUT2D eigenvalue weighted by molar-refractivity contribution is 0.0999. The number of nitrogens with zero attached hydrogens (tertiary/aromatic N) is 1. The number of aryl methyl sites for hydroxylation is 2. The van der Waals surface area contributed by atoms with Crippen molar-refractivity contribution in [2.45, 2.75) is 13.8 Å². The minimum atomic E-state index is -0.547. The Morgan fingerprint density at radius 3 is 2.56 bits per heavy atom. The van der Waals surface area contributed by atoms with Gasteiger partial charge in [-0.15, -0.1) is 0 Å². The van der Waals surface area contributed by atoms with Gasteiger partial charge in [0, 0.05) is 21.7 Å². The number of carbonyl (C=O) groups excluding carboxylic acids is 2. The first-order valence-corrected chi connectivity index (χ1v) is 11.4. The number of halogens is 1. The van der Waals surface area contributed by atoms with Crippen molar-refractivity contribution in [1.29, 1.82) is 0 Å². The van der Waals surface area contributed by atoms with Gasteiger partial charge in [-0.05, 0) is 67.4 Å². The van der Waals surface area contributed by atoms with Crippen molar-refractivity contribution >= 4 is 45.8 Å². The maximum atomic E-state index is 13.2. The van der Waals surface area contributed by atoms with Crippen LogP contribution in [-0.4, -0.2) is 27.1 Å². The number of furan rings is 1. The Labute approximate surface area is 210 Å². The fourth-order valence-corrected chi connectivity index (χ4v) is 4.30. The van der Waals surface area contributed by atoms with Crippen molar-refractivity contribution in [3.05, 3.63) is 94.3 Å². The molecule has 2 aromatic heterocycles. The number of hydrogen-bond acceptors (Lipinski definition) is 5. The summed E-state index contributed by atoms with van der Waals surface area (Å²) in [5, 5.41) is 23.9. The Bertz CT molecular complexity index is 1610. The first kappa shape index (κ1) is 23.2. The summed E-state index contributed by atoms with van der Waals surface area (Å²) in [6.07, 6.45) is 0. The number of benzene rings is 3. The van der Waals surface area contributed by atoms with Gasteiger partial charge in [0.05, 0.1) is 5.69 Å². The fourth-order valence-electron chi connectivity index (χ4n) is 4.11. The Morgan fingerprint density at radius 2 is 1.78 bits per heavy atom. The number of rotatable bonds is 5.